The summed E-state index contributed by atoms with van der Waals surface area (Å²) in [7, 11) is 0. The third kappa shape index (κ3) is 321. The zero-order chi connectivity index (χ0) is 10.7. The summed E-state index contributed by atoms with van der Waals surface area (Å²) in [6, 6.07) is 0. The maximum atomic E-state index is 8.25. The van der Waals surface area contributed by atoms with Crippen LogP contribution < -0.4 is 0 Å². The predicted molar refractivity (Wildman–Crippen MR) is 44.1 cm³/mol. The Kier molecular flexibility index (Phi) is 75.2. The van der Waals surface area contributed by atoms with Crippen LogP contribution in [0.25, 0.3) is 0 Å². The molecule has 0 aromatic heterocycles. The van der Waals surface area contributed by atoms with Gasteiger partial charge in [-0.3, -0.25) is 0 Å². The van der Waals surface area contributed by atoms with Crippen LogP contribution in [0.4, 0.5) is 0 Å². The zero-order valence-electron chi connectivity index (χ0n) is 6.59. The normalized spacial score (nSPS) is 4.80. The van der Waals surface area contributed by atoms with Crippen molar-refractivity contribution in [3.8, 4) is 0 Å². The van der Waals surface area contributed by atoms with Gasteiger partial charge in [-0.25, -0.2) is 0 Å². The summed E-state index contributed by atoms with van der Waals surface area (Å²) in [5.74, 6) is 0. The monoisotopic (exact) mass is 249 g/mol. The molecule has 88 valence electrons. The summed E-state index contributed by atoms with van der Waals surface area (Å²) in [4.78, 5) is 24.8. The fourth-order valence-electron chi connectivity index (χ4n) is 0. The molecule has 0 aliphatic heterocycles. The molecule has 0 aromatic rings. The van der Waals surface area contributed by atoms with E-state index in [1.807, 2.05) is 0 Å². The fourth-order valence-corrected chi connectivity index (χ4v) is 0. The average Bonchev–Trinajstić information content (AvgIpc) is 1.54. The third-order valence-corrected chi connectivity index (χ3v) is 0. The Hall–Kier alpha value is -1.95. The summed E-state index contributed by atoms with van der Waals surface area (Å²) in [5, 5.41) is 44.2. The van der Waals surface area contributed by atoms with E-state index in [1.165, 1.54) is 0 Å². The SMILES string of the molecule is O.O.O=[N+]([O-])[O-].O=[N+]([O-])[O-].O=[N+]([O-])[O-].[Al+3]. The molecule has 0 atom stereocenters. The Morgan fingerprint density at radius 2 is 0.533 bits per heavy atom. The Morgan fingerprint density at radius 1 is 0.533 bits per heavy atom. The number of hydrogen-bond acceptors (Lipinski definition) is 9. The van der Waals surface area contributed by atoms with Gasteiger partial charge in [-0.1, -0.05) is 0 Å². The van der Waals surface area contributed by atoms with Crippen LogP contribution in [0, 0.1) is 46.0 Å². The molecule has 0 rings (SSSR count). The minimum absolute atomic E-state index is 0. The number of rotatable bonds is 0. The predicted octanol–water partition coefficient (Wildman–Crippen LogP) is -2.75. The molecular formula is H4AlN3O11. The first-order valence-corrected chi connectivity index (χ1v) is 1.64. The molecule has 0 spiro atoms. The molecular weight excluding hydrogens is 245 g/mol. The standard InChI is InChI=1S/Al.3NO3.2H2O/c;3*2-1(3)4;;/h;;;;2*1H2/q+3;3*-1;;. The smallest absolute Gasteiger partial charge is 0.412 e. The van der Waals surface area contributed by atoms with E-state index in [-0.39, 0.29) is 28.3 Å². The van der Waals surface area contributed by atoms with E-state index in [9.17, 15) is 0 Å². The van der Waals surface area contributed by atoms with E-state index in [2.05, 4.69) is 0 Å². The Bertz CT molecular complexity index is 113. The van der Waals surface area contributed by atoms with Crippen molar-refractivity contribution in [1.82, 2.24) is 0 Å². The second kappa shape index (κ2) is 29.6. The van der Waals surface area contributed by atoms with Crippen LogP contribution in [0.15, 0.2) is 0 Å². The number of nitrogens with zero attached hydrogens (tertiary/aromatic N) is 3. The van der Waals surface area contributed by atoms with Crippen molar-refractivity contribution in [2.45, 2.75) is 0 Å². The van der Waals surface area contributed by atoms with Gasteiger partial charge < -0.3 is 56.9 Å². The summed E-state index contributed by atoms with van der Waals surface area (Å²) in [5.41, 5.74) is 0. The van der Waals surface area contributed by atoms with Crippen LogP contribution in [0.2, 0.25) is 0 Å². The number of hydrogen-bond donors (Lipinski definition) is 0. The molecule has 4 N–H and O–H groups in total. The van der Waals surface area contributed by atoms with Crippen molar-refractivity contribution in [3.63, 3.8) is 0 Å². The van der Waals surface area contributed by atoms with Gasteiger partial charge in [0.15, 0.2) is 0 Å². The molecule has 14 nitrogen and oxygen atoms in total. The van der Waals surface area contributed by atoms with Crippen molar-refractivity contribution in [2.75, 3.05) is 0 Å². The summed E-state index contributed by atoms with van der Waals surface area (Å²) >= 11 is 0. The van der Waals surface area contributed by atoms with Gasteiger partial charge in [-0.05, 0) is 0 Å². The van der Waals surface area contributed by atoms with Gasteiger partial charge >= 0.3 is 17.4 Å². The van der Waals surface area contributed by atoms with Gasteiger partial charge in [0, 0.05) is 0 Å². The van der Waals surface area contributed by atoms with Gasteiger partial charge in [0.25, 0.3) is 0 Å². The Balaban J connectivity index is -0.0000000184. The van der Waals surface area contributed by atoms with Crippen molar-refractivity contribution in [1.29, 1.82) is 0 Å². The molecule has 0 saturated carbocycles. The molecule has 0 heterocycles. The summed E-state index contributed by atoms with van der Waals surface area (Å²) in [6.07, 6.45) is 0. The molecule has 0 aliphatic rings. The van der Waals surface area contributed by atoms with Gasteiger partial charge in [0.05, 0.1) is 15.3 Å². The van der Waals surface area contributed by atoms with Crippen molar-refractivity contribution in [2.24, 2.45) is 0 Å². The molecule has 15 heavy (non-hydrogen) atoms. The van der Waals surface area contributed by atoms with Gasteiger partial charge in [0.2, 0.25) is 0 Å². The van der Waals surface area contributed by atoms with E-state index in [0.717, 1.165) is 0 Å². The molecule has 0 amide bonds. The van der Waals surface area contributed by atoms with Crippen LogP contribution in [0.5, 0.6) is 0 Å². The first-order valence-electron chi connectivity index (χ1n) is 1.64. The minimum Gasteiger partial charge on any atom is -0.412 e. The van der Waals surface area contributed by atoms with E-state index in [4.69, 9.17) is 46.0 Å². The topological polar surface area (TPSA) is 262 Å². The fraction of sp³-hybridized carbons (Fsp3) is 0. The second-order valence-electron chi connectivity index (χ2n) is 0.671. The minimum atomic E-state index is -1.75. The van der Waals surface area contributed by atoms with E-state index < -0.39 is 15.3 Å². The quantitative estimate of drug-likeness (QED) is 0.244. The van der Waals surface area contributed by atoms with Crippen LogP contribution in [0.1, 0.15) is 0 Å². The van der Waals surface area contributed by atoms with Crippen molar-refractivity contribution in [3.05, 3.63) is 46.0 Å². The molecule has 0 aliphatic carbocycles. The molecule has 0 bridgehead atoms. The molecule has 0 aromatic carbocycles. The average molecular weight is 249 g/mol. The summed E-state index contributed by atoms with van der Waals surface area (Å²) in [6.45, 7) is 0. The second-order valence-corrected chi connectivity index (χ2v) is 0.671. The Morgan fingerprint density at radius 3 is 0.533 bits per heavy atom. The van der Waals surface area contributed by atoms with Crippen LogP contribution in [-0.4, -0.2) is 43.6 Å². The first kappa shape index (κ1) is 38.1. The van der Waals surface area contributed by atoms with Gasteiger partial charge in [-0.15, -0.1) is 0 Å². The van der Waals surface area contributed by atoms with Crippen LogP contribution in [0.3, 0.4) is 0 Å². The van der Waals surface area contributed by atoms with Gasteiger partial charge in [0.1, 0.15) is 0 Å². The van der Waals surface area contributed by atoms with Crippen LogP contribution >= 0.6 is 0 Å². The third-order valence-electron chi connectivity index (χ3n) is 0. The van der Waals surface area contributed by atoms with Crippen molar-refractivity contribution >= 4 is 17.4 Å². The van der Waals surface area contributed by atoms with Crippen LogP contribution in [-0.2, 0) is 0 Å². The zero-order valence-corrected chi connectivity index (χ0v) is 7.75. The molecule has 0 saturated heterocycles. The van der Waals surface area contributed by atoms with E-state index in [1.54, 1.807) is 0 Å². The van der Waals surface area contributed by atoms with Crippen molar-refractivity contribution < 1.29 is 26.2 Å². The maximum Gasteiger partial charge on any atom is 3.00 e. The summed E-state index contributed by atoms with van der Waals surface area (Å²) < 4.78 is 0. The van der Waals surface area contributed by atoms with E-state index in [0.29, 0.717) is 0 Å². The molecule has 0 unspecified atom stereocenters. The van der Waals surface area contributed by atoms with Gasteiger partial charge in [-0.2, -0.15) is 0 Å². The molecule has 15 heteroatoms. The first-order chi connectivity index (χ1) is 5.20. The maximum absolute atomic E-state index is 8.25. The largest absolute Gasteiger partial charge is 3.00 e. The molecule has 0 fully saturated rings. The Labute approximate surface area is 90.4 Å². The molecule has 0 radical (unpaired) electrons. The van der Waals surface area contributed by atoms with E-state index >= 15 is 0 Å².